The number of fused-ring (bicyclic) bond motifs is 1. The molecule has 0 unspecified atom stereocenters. The van der Waals surface area contributed by atoms with Crippen LogP contribution in [-0.2, 0) is 23.2 Å². The van der Waals surface area contributed by atoms with Crippen molar-refractivity contribution >= 4 is 26.7 Å². The summed E-state index contributed by atoms with van der Waals surface area (Å²) in [6.45, 7) is 2.43. The second kappa shape index (κ2) is 10.6. The van der Waals surface area contributed by atoms with Crippen molar-refractivity contribution in [1.29, 1.82) is 0 Å². The van der Waals surface area contributed by atoms with Crippen LogP contribution in [0.5, 0.6) is 0 Å². The van der Waals surface area contributed by atoms with Crippen LogP contribution in [0.15, 0.2) is 113 Å². The predicted molar refractivity (Wildman–Crippen MR) is 158 cm³/mol. The lowest BCUT2D eigenvalue weighted by molar-refractivity contribution is 0.282. The van der Waals surface area contributed by atoms with Crippen LogP contribution in [0, 0.1) is 4.91 Å². The highest BCUT2D eigenvalue weighted by Crippen LogP contribution is 2.40. The molecule has 9 nitrogen and oxygen atoms in total. The largest absolute Gasteiger partial charge is 0.392 e. The Morgan fingerprint density at radius 2 is 1.66 bits per heavy atom. The average molecular weight is 564 g/mol. The van der Waals surface area contributed by atoms with Gasteiger partial charge in [-0.3, -0.25) is 4.68 Å². The van der Waals surface area contributed by atoms with Gasteiger partial charge >= 0.3 is 0 Å². The van der Waals surface area contributed by atoms with E-state index in [9.17, 15) is 18.4 Å². The molecule has 6 rings (SSSR count). The summed E-state index contributed by atoms with van der Waals surface area (Å²) in [5.41, 5.74) is 5.30. The molecule has 3 heterocycles. The number of aliphatic hydroxyl groups is 1. The molecule has 0 amide bonds. The molecule has 0 atom stereocenters. The summed E-state index contributed by atoms with van der Waals surface area (Å²) in [5.74, 6) is 0. The topological polar surface area (TPSA) is 119 Å². The second-order valence-electron chi connectivity index (χ2n) is 9.45. The number of benzene rings is 3. The first kappa shape index (κ1) is 26.3. The standard InChI is InChI=1S/C31H25N5O4S/c1-2-35-19-28(30(33-35)22-11-13-24(34-38)14-12-22)26-15-16-32-31-27(26)18-29(23-8-6-7-21(17-23)20-37)36(31)41(39,40)25-9-4-3-5-10-25/h3-19,37H,2,20H2,1H3. The summed E-state index contributed by atoms with van der Waals surface area (Å²) in [6.07, 6.45) is 3.51. The lowest BCUT2D eigenvalue weighted by atomic mass is 10.00. The van der Waals surface area contributed by atoms with E-state index in [1.165, 1.54) is 3.97 Å². The number of aryl methyl sites for hydroxylation is 1. The zero-order valence-corrected chi connectivity index (χ0v) is 22.9. The van der Waals surface area contributed by atoms with E-state index < -0.39 is 10.0 Å². The number of nitrogens with zero attached hydrogens (tertiary/aromatic N) is 5. The summed E-state index contributed by atoms with van der Waals surface area (Å²) in [7, 11) is -4.06. The molecular weight excluding hydrogens is 538 g/mol. The first-order valence-corrected chi connectivity index (χ1v) is 14.4. The first-order chi connectivity index (χ1) is 19.9. The fraction of sp³-hybridized carbons (Fsp3) is 0.0968. The monoisotopic (exact) mass is 563 g/mol. The molecule has 0 radical (unpaired) electrons. The quantitative estimate of drug-likeness (QED) is 0.215. The van der Waals surface area contributed by atoms with E-state index in [4.69, 9.17) is 5.10 Å². The van der Waals surface area contributed by atoms with Crippen molar-refractivity contribution in [1.82, 2.24) is 18.7 Å². The first-order valence-electron chi connectivity index (χ1n) is 13.0. The Morgan fingerprint density at radius 3 is 2.37 bits per heavy atom. The maximum atomic E-state index is 14.1. The Hall–Kier alpha value is -4.93. The Balaban J connectivity index is 1.65. The van der Waals surface area contributed by atoms with Crippen LogP contribution in [0.2, 0.25) is 0 Å². The van der Waals surface area contributed by atoms with E-state index in [0.29, 0.717) is 40.1 Å². The summed E-state index contributed by atoms with van der Waals surface area (Å²) in [4.78, 5) is 15.7. The van der Waals surface area contributed by atoms with Crippen LogP contribution in [0.25, 0.3) is 44.7 Å². The van der Waals surface area contributed by atoms with E-state index >= 15 is 0 Å². The van der Waals surface area contributed by atoms with Gasteiger partial charge in [-0.15, -0.1) is 4.91 Å². The summed E-state index contributed by atoms with van der Waals surface area (Å²) in [6, 6.07) is 25.9. The van der Waals surface area contributed by atoms with Crippen molar-refractivity contribution in [3.63, 3.8) is 0 Å². The third-order valence-electron chi connectivity index (χ3n) is 6.97. The summed E-state index contributed by atoms with van der Waals surface area (Å²) >= 11 is 0. The molecule has 1 N–H and O–H groups in total. The van der Waals surface area contributed by atoms with Crippen LogP contribution >= 0.6 is 0 Å². The Bertz CT molecular complexity index is 2000. The minimum atomic E-state index is -4.06. The van der Waals surface area contributed by atoms with Gasteiger partial charge < -0.3 is 5.11 Å². The van der Waals surface area contributed by atoms with Crippen LogP contribution in [0.3, 0.4) is 0 Å². The van der Waals surface area contributed by atoms with Crippen LogP contribution in [0.1, 0.15) is 12.5 Å². The Labute approximate surface area is 236 Å². The molecule has 0 aliphatic heterocycles. The molecule has 0 saturated heterocycles. The normalized spacial score (nSPS) is 11.7. The van der Waals surface area contributed by atoms with E-state index in [1.54, 1.807) is 79.0 Å². The highest BCUT2D eigenvalue weighted by atomic mass is 32.2. The molecule has 10 heteroatoms. The average Bonchev–Trinajstić information content (AvgIpc) is 3.64. The fourth-order valence-corrected chi connectivity index (χ4v) is 6.46. The SMILES string of the molecule is CCn1cc(-c2ccnc3c2cc(-c2cccc(CO)c2)n3S(=O)(=O)c2ccccc2)c(-c2ccc(N=O)cc2)n1. The van der Waals surface area contributed by atoms with Crippen molar-refractivity contribution < 1.29 is 13.5 Å². The second-order valence-corrected chi connectivity index (χ2v) is 11.2. The third-order valence-corrected chi connectivity index (χ3v) is 8.69. The lowest BCUT2D eigenvalue weighted by Gasteiger charge is -2.12. The van der Waals surface area contributed by atoms with Crippen molar-refractivity contribution in [2.24, 2.45) is 5.18 Å². The van der Waals surface area contributed by atoms with Gasteiger partial charge in [-0.2, -0.15) is 5.10 Å². The number of aliphatic hydroxyl groups excluding tert-OH is 1. The maximum Gasteiger partial charge on any atom is 0.269 e. The minimum Gasteiger partial charge on any atom is -0.392 e. The van der Waals surface area contributed by atoms with Gasteiger partial charge in [0.15, 0.2) is 5.65 Å². The molecule has 3 aromatic heterocycles. The number of hydrogen-bond acceptors (Lipinski definition) is 7. The van der Waals surface area contributed by atoms with Crippen molar-refractivity contribution in [3.8, 4) is 33.6 Å². The molecule has 3 aromatic carbocycles. The molecule has 0 aliphatic rings. The lowest BCUT2D eigenvalue weighted by Crippen LogP contribution is -2.14. The third kappa shape index (κ3) is 4.62. The predicted octanol–water partition coefficient (Wildman–Crippen LogP) is 6.38. The molecular formula is C31H25N5O4S. The van der Waals surface area contributed by atoms with E-state index in [2.05, 4.69) is 10.2 Å². The zero-order chi connectivity index (χ0) is 28.6. The number of aromatic nitrogens is 4. The van der Waals surface area contributed by atoms with Gasteiger partial charge in [0.1, 0.15) is 11.4 Å². The molecule has 0 fully saturated rings. The highest BCUT2D eigenvalue weighted by Gasteiger charge is 2.27. The maximum absolute atomic E-state index is 14.1. The molecule has 41 heavy (non-hydrogen) atoms. The van der Waals surface area contributed by atoms with Gasteiger partial charge in [-0.05, 0) is 71.3 Å². The smallest absolute Gasteiger partial charge is 0.269 e. The van der Waals surface area contributed by atoms with Crippen LogP contribution < -0.4 is 0 Å². The van der Waals surface area contributed by atoms with Gasteiger partial charge in [0, 0.05) is 35.5 Å². The Kier molecular flexibility index (Phi) is 6.78. The summed E-state index contributed by atoms with van der Waals surface area (Å²) < 4.78 is 31.3. The number of hydrogen-bond donors (Lipinski definition) is 1. The molecule has 0 spiro atoms. The number of rotatable bonds is 8. The highest BCUT2D eigenvalue weighted by molar-refractivity contribution is 7.90. The van der Waals surface area contributed by atoms with Gasteiger partial charge in [0.25, 0.3) is 10.0 Å². The fourth-order valence-electron chi connectivity index (χ4n) is 4.96. The van der Waals surface area contributed by atoms with Gasteiger partial charge in [-0.1, -0.05) is 48.5 Å². The molecule has 0 saturated carbocycles. The van der Waals surface area contributed by atoms with Gasteiger partial charge in [-0.25, -0.2) is 17.4 Å². The van der Waals surface area contributed by atoms with Gasteiger partial charge in [0.2, 0.25) is 0 Å². The van der Waals surface area contributed by atoms with E-state index in [-0.39, 0.29) is 17.1 Å². The molecule has 0 bridgehead atoms. The number of nitroso groups, excluding NO2 is 1. The number of pyridine rings is 1. The summed E-state index contributed by atoms with van der Waals surface area (Å²) in [5, 5.41) is 18.2. The van der Waals surface area contributed by atoms with E-state index in [0.717, 1.165) is 16.7 Å². The van der Waals surface area contributed by atoms with E-state index in [1.807, 2.05) is 36.0 Å². The van der Waals surface area contributed by atoms with Gasteiger partial charge in [0.05, 0.1) is 17.2 Å². The zero-order valence-electron chi connectivity index (χ0n) is 22.0. The molecule has 204 valence electrons. The minimum absolute atomic E-state index is 0.132. The van der Waals surface area contributed by atoms with Crippen molar-refractivity contribution in [3.05, 3.63) is 114 Å². The van der Waals surface area contributed by atoms with Crippen LogP contribution in [-0.4, -0.2) is 32.3 Å². The Morgan fingerprint density at radius 1 is 0.878 bits per heavy atom. The molecule has 6 aromatic rings. The van der Waals surface area contributed by atoms with Crippen molar-refractivity contribution in [2.75, 3.05) is 0 Å². The van der Waals surface area contributed by atoms with Crippen molar-refractivity contribution in [2.45, 2.75) is 25.0 Å². The molecule has 0 aliphatic carbocycles. The van der Waals surface area contributed by atoms with Crippen LogP contribution in [0.4, 0.5) is 5.69 Å².